The first kappa shape index (κ1) is 23.1. The molecule has 2 atom stereocenters. The quantitative estimate of drug-likeness (QED) is 0.631. The fourth-order valence-corrected chi connectivity index (χ4v) is 3.70. The van der Waals surface area contributed by atoms with Crippen molar-refractivity contribution in [3.8, 4) is 11.6 Å². The molecule has 2 heterocycles. The Bertz CT molecular complexity index is 906. The predicted octanol–water partition coefficient (Wildman–Crippen LogP) is 4.62. The third-order valence-electron chi connectivity index (χ3n) is 4.89. The highest BCUT2D eigenvalue weighted by molar-refractivity contribution is 6.34. The Morgan fingerprint density at radius 3 is 2.71 bits per heavy atom. The second-order valence-corrected chi connectivity index (χ2v) is 8.15. The topological polar surface area (TPSA) is 63.7 Å². The molecule has 2 unspecified atom stereocenters. The SMILES string of the molecule is CC(=O)NC(C)c1ccc(OC2CCN(c3ccnc(OCC(C)(F)F)c3Cl)C2)cc1. The summed E-state index contributed by atoms with van der Waals surface area (Å²) in [7, 11) is 0. The van der Waals surface area contributed by atoms with Crippen LogP contribution in [0.4, 0.5) is 14.5 Å². The first-order valence-electron chi connectivity index (χ1n) is 10.1. The average molecular weight is 454 g/mol. The Morgan fingerprint density at radius 1 is 1.35 bits per heavy atom. The van der Waals surface area contributed by atoms with Gasteiger partial charge in [-0.25, -0.2) is 13.8 Å². The molecule has 3 rings (SSSR count). The second-order valence-electron chi connectivity index (χ2n) is 7.77. The number of nitrogens with one attached hydrogen (secondary N) is 1. The molecule has 0 radical (unpaired) electrons. The lowest BCUT2D eigenvalue weighted by molar-refractivity contribution is -0.119. The molecular formula is C22H26ClF2N3O3. The number of anilines is 1. The molecule has 1 N–H and O–H groups in total. The van der Waals surface area contributed by atoms with Crippen molar-refractivity contribution < 1.29 is 23.0 Å². The first-order valence-corrected chi connectivity index (χ1v) is 10.4. The van der Waals surface area contributed by atoms with Gasteiger partial charge in [0.05, 0.1) is 18.3 Å². The van der Waals surface area contributed by atoms with Crippen LogP contribution in [0.3, 0.4) is 0 Å². The lowest BCUT2D eigenvalue weighted by atomic mass is 10.1. The maximum absolute atomic E-state index is 13.1. The molecule has 0 saturated carbocycles. The van der Waals surface area contributed by atoms with Crippen molar-refractivity contribution in [1.29, 1.82) is 0 Å². The van der Waals surface area contributed by atoms with Gasteiger partial charge in [-0.2, -0.15) is 0 Å². The van der Waals surface area contributed by atoms with Gasteiger partial charge in [0.15, 0.2) is 6.61 Å². The fourth-order valence-electron chi connectivity index (χ4n) is 3.41. The molecule has 0 aliphatic carbocycles. The van der Waals surface area contributed by atoms with Gasteiger partial charge in [0.1, 0.15) is 16.9 Å². The number of halogens is 3. The molecule has 1 aliphatic rings. The smallest absolute Gasteiger partial charge is 0.278 e. The molecule has 1 aromatic carbocycles. The van der Waals surface area contributed by atoms with E-state index in [4.69, 9.17) is 21.1 Å². The zero-order chi connectivity index (χ0) is 22.6. The molecule has 6 nitrogen and oxygen atoms in total. The van der Waals surface area contributed by atoms with Crippen LogP contribution >= 0.6 is 11.6 Å². The van der Waals surface area contributed by atoms with Crippen molar-refractivity contribution >= 4 is 23.2 Å². The van der Waals surface area contributed by atoms with Crippen LogP contribution in [-0.2, 0) is 4.79 Å². The van der Waals surface area contributed by atoms with E-state index in [1.807, 2.05) is 36.1 Å². The molecule has 0 spiro atoms. The van der Waals surface area contributed by atoms with Crippen LogP contribution in [0, 0.1) is 0 Å². The summed E-state index contributed by atoms with van der Waals surface area (Å²) in [6, 6.07) is 9.27. The van der Waals surface area contributed by atoms with Crippen molar-refractivity contribution in [2.45, 2.75) is 45.3 Å². The summed E-state index contributed by atoms with van der Waals surface area (Å²) >= 11 is 6.36. The number of hydrogen-bond donors (Lipinski definition) is 1. The van der Waals surface area contributed by atoms with Gasteiger partial charge in [0, 0.05) is 33.0 Å². The summed E-state index contributed by atoms with van der Waals surface area (Å²) in [5, 5.41) is 3.06. The summed E-state index contributed by atoms with van der Waals surface area (Å²) in [5.74, 6) is -2.32. The van der Waals surface area contributed by atoms with E-state index in [1.54, 1.807) is 6.07 Å². The lowest BCUT2D eigenvalue weighted by Crippen LogP contribution is -2.25. The fraction of sp³-hybridized carbons (Fsp3) is 0.455. The number of pyridine rings is 1. The van der Waals surface area contributed by atoms with Crippen LogP contribution in [0.15, 0.2) is 36.5 Å². The van der Waals surface area contributed by atoms with Gasteiger partial charge in [0.25, 0.3) is 5.92 Å². The van der Waals surface area contributed by atoms with E-state index in [9.17, 15) is 13.6 Å². The van der Waals surface area contributed by atoms with E-state index in [-0.39, 0.29) is 29.0 Å². The molecule has 1 fully saturated rings. The number of carbonyl (C=O) groups is 1. The van der Waals surface area contributed by atoms with E-state index < -0.39 is 12.5 Å². The minimum absolute atomic E-state index is 0.00561. The highest BCUT2D eigenvalue weighted by Crippen LogP contribution is 2.35. The number of benzene rings is 1. The molecule has 1 aliphatic heterocycles. The van der Waals surface area contributed by atoms with Crippen LogP contribution in [0.25, 0.3) is 0 Å². The Hall–Kier alpha value is -2.61. The Labute approximate surface area is 185 Å². The highest BCUT2D eigenvalue weighted by atomic mass is 35.5. The number of nitrogens with zero attached hydrogens (tertiary/aromatic N) is 2. The monoisotopic (exact) mass is 453 g/mol. The third-order valence-corrected chi connectivity index (χ3v) is 5.24. The minimum Gasteiger partial charge on any atom is -0.489 e. The van der Waals surface area contributed by atoms with Crippen LogP contribution in [-0.4, -0.2) is 42.6 Å². The number of aromatic nitrogens is 1. The van der Waals surface area contributed by atoms with Gasteiger partial charge >= 0.3 is 0 Å². The number of carbonyl (C=O) groups excluding carboxylic acids is 1. The van der Waals surface area contributed by atoms with Crippen LogP contribution < -0.4 is 19.7 Å². The van der Waals surface area contributed by atoms with E-state index in [2.05, 4.69) is 10.3 Å². The number of amides is 1. The minimum atomic E-state index is -2.97. The maximum atomic E-state index is 13.1. The molecule has 168 valence electrons. The summed E-state index contributed by atoms with van der Waals surface area (Å²) in [6.07, 6.45) is 2.23. The Balaban J connectivity index is 1.60. The van der Waals surface area contributed by atoms with Crippen LogP contribution in [0.1, 0.15) is 38.8 Å². The van der Waals surface area contributed by atoms with Crippen molar-refractivity contribution in [2.24, 2.45) is 0 Å². The van der Waals surface area contributed by atoms with Gasteiger partial charge in [-0.3, -0.25) is 4.79 Å². The van der Waals surface area contributed by atoms with E-state index in [0.717, 1.165) is 24.7 Å². The van der Waals surface area contributed by atoms with Crippen molar-refractivity contribution in [2.75, 3.05) is 24.6 Å². The van der Waals surface area contributed by atoms with Gasteiger partial charge in [-0.1, -0.05) is 23.7 Å². The molecule has 0 bridgehead atoms. The molecule has 1 aromatic heterocycles. The van der Waals surface area contributed by atoms with E-state index >= 15 is 0 Å². The standard InChI is InChI=1S/C22H26ClF2N3O3/c1-14(27-15(2)29)16-4-6-17(7-5-16)31-18-9-11-28(12-18)19-8-10-26-21(20(19)23)30-13-22(3,24)25/h4-8,10,14,18H,9,11-13H2,1-3H3,(H,27,29). The summed E-state index contributed by atoms with van der Waals surface area (Å²) < 4.78 is 37.4. The van der Waals surface area contributed by atoms with Crippen LogP contribution in [0.2, 0.25) is 5.02 Å². The number of alkyl halides is 2. The molecule has 9 heteroatoms. The summed E-state index contributed by atoms with van der Waals surface area (Å²) in [5.41, 5.74) is 1.67. The zero-order valence-corrected chi connectivity index (χ0v) is 18.5. The molecule has 1 amide bonds. The zero-order valence-electron chi connectivity index (χ0n) is 17.7. The summed E-state index contributed by atoms with van der Waals surface area (Å²) in [6.45, 7) is 4.70. The van der Waals surface area contributed by atoms with Crippen molar-refractivity contribution in [3.63, 3.8) is 0 Å². The van der Waals surface area contributed by atoms with Gasteiger partial charge in [-0.15, -0.1) is 0 Å². The van der Waals surface area contributed by atoms with E-state index in [1.165, 1.54) is 13.1 Å². The van der Waals surface area contributed by atoms with Gasteiger partial charge in [-0.05, 0) is 30.7 Å². The maximum Gasteiger partial charge on any atom is 0.278 e. The molecular weight excluding hydrogens is 428 g/mol. The summed E-state index contributed by atoms with van der Waals surface area (Å²) in [4.78, 5) is 17.2. The number of ether oxygens (including phenoxy) is 2. The highest BCUT2D eigenvalue weighted by Gasteiger charge is 2.28. The molecule has 31 heavy (non-hydrogen) atoms. The molecule has 2 aromatic rings. The third kappa shape index (κ3) is 6.43. The normalized spacial score (nSPS) is 17.4. The number of rotatable bonds is 8. The Morgan fingerprint density at radius 2 is 2.06 bits per heavy atom. The van der Waals surface area contributed by atoms with Crippen molar-refractivity contribution in [1.82, 2.24) is 10.3 Å². The molecule has 1 saturated heterocycles. The largest absolute Gasteiger partial charge is 0.489 e. The number of hydrogen-bond acceptors (Lipinski definition) is 5. The van der Waals surface area contributed by atoms with E-state index in [0.29, 0.717) is 18.8 Å². The first-order chi connectivity index (χ1) is 14.6. The lowest BCUT2D eigenvalue weighted by Gasteiger charge is -2.21. The average Bonchev–Trinajstić information content (AvgIpc) is 3.14. The van der Waals surface area contributed by atoms with Crippen molar-refractivity contribution in [3.05, 3.63) is 47.1 Å². The Kier molecular flexibility index (Phi) is 7.20. The van der Waals surface area contributed by atoms with Gasteiger partial charge < -0.3 is 19.7 Å². The predicted molar refractivity (Wildman–Crippen MR) is 115 cm³/mol. The van der Waals surface area contributed by atoms with Gasteiger partial charge in [0.2, 0.25) is 11.8 Å². The second kappa shape index (κ2) is 9.68. The van der Waals surface area contributed by atoms with Crippen LogP contribution in [0.5, 0.6) is 11.6 Å².